The second kappa shape index (κ2) is 5.63. The molecule has 0 radical (unpaired) electrons. The van der Waals surface area contributed by atoms with Gasteiger partial charge in [-0.05, 0) is 25.8 Å². The van der Waals surface area contributed by atoms with E-state index >= 15 is 0 Å². The summed E-state index contributed by atoms with van der Waals surface area (Å²) in [5, 5.41) is 22.7. The van der Waals surface area contributed by atoms with Gasteiger partial charge in [-0.3, -0.25) is 10.1 Å². The van der Waals surface area contributed by atoms with E-state index in [4.69, 9.17) is 10.00 Å². The van der Waals surface area contributed by atoms with Crippen molar-refractivity contribution in [1.82, 2.24) is 4.98 Å². The summed E-state index contributed by atoms with van der Waals surface area (Å²) in [7, 11) is 0. The third-order valence-corrected chi connectivity index (χ3v) is 3.07. The SMILES string of the molecule is CC(Nc1ccc([N+](=O)[O-])c(C#N)n1)C1CCCO1. The van der Waals surface area contributed by atoms with Crippen LogP contribution in [0.5, 0.6) is 0 Å². The van der Waals surface area contributed by atoms with Crippen molar-refractivity contribution < 1.29 is 9.66 Å². The summed E-state index contributed by atoms with van der Waals surface area (Å²) in [5.74, 6) is 0.449. The molecule has 19 heavy (non-hydrogen) atoms. The number of anilines is 1. The van der Waals surface area contributed by atoms with Gasteiger partial charge in [0.15, 0.2) is 0 Å². The fourth-order valence-corrected chi connectivity index (χ4v) is 2.08. The van der Waals surface area contributed by atoms with Crippen molar-refractivity contribution in [2.24, 2.45) is 0 Å². The normalized spacial score (nSPS) is 19.7. The fourth-order valence-electron chi connectivity index (χ4n) is 2.08. The van der Waals surface area contributed by atoms with Crippen molar-refractivity contribution >= 4 is 11.5 Å². The Morgan fingerprint density at radius 3 is 3.05 bits per heavy atom. The molecule has 0 spiro atoms. The van der Waals surface area contributed by atoms with Crippen molar-refractivity contribution in [3.63, 3.8) is 0 Å². The molecule has 1 saturated heterocycles. The van der Waals surface area contributed by atoms with E-state index < -0.39 is 4.92 Å². The van der Waals surface area contributed by atoms with Crippen LogP contribution in [-0.2, 0) is 4.74 Å². The van der Waals surface area contributed by atoms with E-state index in [0.29, 0.717) is 5.82 Å². The molecule has 1 aliphatic rings. The number of aromatic nitrogens is 1. The Morgan fingerprint density at radius 1 is 1.68 bits per heavy atom. The number of nitro groups is 1. The van der Waals surface area contributed by atoms with E-state index in [0.717, 1.165) is 19.4 Å². The van der Waals surface area contributed by atoms with Crippen LogP contribution in [0.15, 0.2) is 12.1 Å². The van der Waals surface area contributed by atoms with Gasteiger partial charge in [-0.2, -0.15) is 5.26 Å². The Labute approximate surface area is 110 Å². The van der Waals surface area contributed by atoms with Crippen LogP contribution in [0.4, 0.5) is 11.5 Å². The molecule has 100 valence electrons. The number of pyridine rings is 1. The van der Waals surface area contributed by atoms with Gasteiger partial charge >= 0.3 is 5.69 Å². The summed E-state index contributed by atoms with van der Waals surface area (Å²) >= 11 is 0. The van der Waals surface area contributed by atoms with Crippen LogP contribution in [0, 0.1) is 21.4 Å². The van der Waals surface area contributed by atoms with Crippen LogP contribution < -0.4 is 5.32 Å². The summed E-state index contributed by atoms with van der Waals surface area (Å²) in [6.45, 7) is 2.72. The van der Waals surface area contributed by atoms with Crippen LogP contribution in [0.3, 0.4) is 0 Å². The molecule has 2 unspecified atom stereocenters. The summed E-state index contributed by atoms with van der Waals surface area (Å²) in [4.78, 5) is 14.0. The van der Waals surface area contributed by atoms with Crippen molar-refractivity contribution in [3.05, 3.63) is 27.9 Å². The number of hydrogen-bond acceptors (Lipinski definition) is 6. The van der Waals surface area contributed by atoms with Crippen molar-refractivity contribution in [2.45, 2.75) is 31.9 Å². The molecule has 0 saturated carbocycles. The van der Waals surface area contributed by atoms with Gasteiger partial charge < -0.3 is 10.1 Å². The van der Waals surface area contributed by atoms with Crippen molar-refractivity contribution in [3.8, 4) is 6.07 Å². The Hall–Kier alpha value is -2.20. The van der Waals surface area contributed by atoms with Crippen LogP contribution in [0.2, 0.25) is 0 Å². The molecular formula is C12H14N4O3. The molecule has 1 aliphatic heterocycles. The van der Waals surface area contributed by atoms with Gasteiger partial charge in [0.25, 0.3) is 0 Å². The average Bonchev–Trinajstić information content (AvgIpc) is 2.92. The number of nitrogens with one attached hydrogen (secondary N) is 1. The third-order valence-electron chi connectivity index (χ3n) is 3.07. The monoisotopic (exact) mass is 262 g/mol. The van der Waals surface area contributed by atoms with Crippen molar-refractivity contribution in [2.75, 3.05) is 11.9 Å². The Morgan fingerprint density at radius 2 is 2.47 bits per heavy atom. The molecule has 1 N–H and O–H groups in total. The van der Waals surface area contributed by atoms with Gasteiger partial charge in [0.05, 0.1) is 17.1 Å². The molecule has 1 fully saturated rings. The van der Waals surface area contributed by atoms with Gasteiger partial charge in [-0.25, -0.2) is 4.98 Å². The average molecular weight is 262 g/mol. The largest absolute Gasteiger partial charge is 0.376 e. The lowest BCUT2D eigenvalue weighted by Crippen LogP contribution is -2.30. The van der Waals surface area contributed by atoms with Crippen LogP contribution >= 0.6 is 0 Å². The molecule has 0 bridgehead atoms. The van der Waals surface area contributed by atoms with E-state index in [1.54, 1.807) is 6.07 Å². The molecular weight excluding hydrogens is 248 g/mol. The summed E-state index contributed by atoms with van der Waals surface area (Å²) in [6.07, 6.45) is 2.13. The lowest BCUT2D eigenvalue weighted by molar-refractivity contribution is -0.385. The van der Waals surface area contributed by atoms with Gasteiger partial charge in [-0.15, -0.1) is 0 Å². The highest BCUT2D eigenvalue weighted by molar-refractivity contribution is 5.50. The molecule has 2 heterocycles. The number of nitriles is 1. The minimum atomic E-state index is -0.612. The van der Waals surface area contributed by atoms with E-state index in [2.05, 4.69) is 10.3 Å². The molecule has 7 heteroatoms. The predicted octanol–water partition coefficient (Wildman–Crippen LogP) is 1.84. The summed E-state index contributed by atoms with van der Waals surface area (Å²) < 4.78 is 5.54. The molecule has 1 aromatic rings. The van der Waals surface area contributed by atoms with E-state index in [-0.39, 0.29) is 23.5 Å². The second-order valence-corrected chi connectivity index (χ2v) is 4.42. The Balaban J connectivity index is 2.13. The van der Waals surface area contributed by atoms with Crippen LogP contribution in [-0.4, -0.2) is 28.7 Å². The second-order valence-electron chi connectivity index (χ2n) is 4.42. The van der Waals surface area contributed by atoms with E-state index in [9.17, 15) is 10.1 Å². The Kier molecular flexibility index (Phi) is 3.92. The highest BCUT2D eigenvalue weighted by Crippen LogP contribution is 2.21. The molecule has 0 aliphatic carbocycles. The zero-order chi connectivity index (χ0) is 13.8. The molecule has 0 aromatic carbocycles. The molecule has 2 atom stereocenters. The maximum Gasteiger partial charge on any atom is 0.305 e. The van der Waals surface area contributed by atoms with E-state index in [1.807, 2.05) is 6.92 Å². The first-order valence-corrected chi connectivity index (χ1v) is 6.05. The first-order valence-electron chi connectivity index (χ1n) is 6.05. The third kappa shape index (κ3) is 2.98. The minimum Gasteiger partial charge on any atom is -0.376 e. The van der Waals surface area contributed by atoms with Crippen LogP contribution in [0.25, 0.3) is 0 Å². The summed E-state index contributed by atoms with van der Waals surface area (Å²) in [6, 6.07) is 4.57. The maximum atomic E-state index is 10.7. The van der Waals surface area contributed by atoms with E-state index in [1.165, 1.54) is 12.1 Å². The first kappa shape index (κ1) is 13.2. The van der Waals surface area contributed by atoms with Crippen molar-refractivity contribution in [1.29, 1.82) is 5.26 Å². The number of rotatable bonds is 4. The highest BCUT2D eigenvalue weighted by atomic mass is 16.6. The quantitative estimate of drug-likeness (QED) is 0.656. The van der Waals surface area contributed by atoms with Gasteiger partial charge in [0.2, 0.25) is 5.69 Å². The number of nitrogens with zero attached hydrogens (tertiary/aromatic N) is 3. The maximum absolute atomic E-state index is 10.7. The predicted molar refractivity (Wildman–Crippen MR) is 67.7 cm³/mol. The number of hydrogen-bond donors (Lipinski definition) is 1. The zero-order valence-corrected chi connectivity index (χ0v) is 10.5. The number of ether oxygens (including phenoxy) is 1. The van der Waals surface area contributed by atoms with Gasteiger partial charge in [0, 0.05) is 12.7 Å². The topological polar surface area (TPSA) is 101 Å². The molecule has 7 nitrogen and oxygen atoms in total. The molecule has 2 rings (SSSR count). The Bertz CT molecular complexity index is 520. The minimum absolute atomic E-state index is 0.0444. The highest BCUT2D eigenvalue weighted by Gasteiger charge is 2.23. The standard InChI is InChI=1S/C12H14N4O3/c1-8(11-3-2-6-19-11)14-12-5-4-10(16(17)18)9(7-13)15-12/h4-5,8,11H,2-3,6H2,1H3,(H,14,15). The van der Waals surface area contributed by atoms with Gasteiger partial charge in [-0.1, -0.05) is 0 Å². The fraction of sp³-hybridized carbons (Fsp3) is 0.500. The van der Waals surface area contributed by atoms with Crippen LogP contribution in [0.1, 0.15) is 25.5 Å². The lowest BCUT2D eigenvalue weighted by Gasteiger charge is -2.20. The summed E-state index contributed by atoms with van der Waals surface area (Å²) in [5.41, 5.74) is -0.465. The van der Waals surface area contributed by atoms with Gasteiger partial charge in [0.1, 0.15) is 11.9 Å². The smallest absolute Gasteiger partial charge is 0.305 e. The molecule has 0 amide bonds. The zero-order valence-electron chi connectivity index (χ0n) is 10.5. The lowest BCUT2D eigenvalue weighted by atomic mass is 10.1. The molecule has 1 aromatic heterocycles. The first-order chi connectivity index (χ1) is 9.11.